The van der Waals surface area contributed by atoms with Crippen LogP contribution in [0.25, 0.3) is 0 Å². The van der Waals surface area contributed by atoms with Gasteiger partial charge in [-0.25, -0.2) is 21.6 Å². The van der Waals surface area contributed by atoms with Crippen LogP contribution < -0.4 is 4.72 Å². The summed E-state index contributed by atoms with van der Waals surface area (Å²) in [6.45, 7) is 8.97. The Morgan fingerprint density at radius 2 is 1.59 bits per heavy atom. The first kappa shape index (κ1) is 17.4. The maximum Gasteiger partial charge on any atom is 0.241 e. The first-order valence-corrected chi connectivity index (χ1v) is 10.5. The highest BCUT2D eigenvalue weighted by Crippen LogP contribution is 2.30. The van der Waals surface area contributed by atoms with Crippen molar-refractivity contribution in [3.8, 4) is 0 Å². The summed E-state index contributed by atoms with van der Waals surface area (Å²) in [6.07, 6.45) is 0.303. The van der Waals surface area contributed by atoms with E-state index in [2.05, 4.69) is 4.72 Å². The summed E-state index contributed by atoms with van der Waals surface area (Å²) in [5.41, 5.74) is 2.30. The normalized spacial score (nSPS) is 24.6. The molecule has 0 amide bonds. The molecule has 0 saturated carbocycles. The van der Waals surface area contributed by atoms with Gasteiger partial charge in [-0.15, -0.1) is 0 Å². The quantitative estimate of drug-likeness (QED) is 0.905. The monoisotopic (exact) mass is 345 g/mol. The maximum absolute atomic E-state index is 12.8. The Morgan fingerprint density at radius 1 is 1.09 bits per heavy atom. The van der Waals surface area contributed by atoms with Crippen LogP contribution in [0, 0.1) is 27.7 Å². The summed E-state index contributed by atoms with van der Waals surface area (Å²) in [5, 5.41) is 0. The predicted molar refractivity (Wildman–Crippen MR) is 87.4 cm³/mol. The lowest BCUT2D eigenvalue weighted by Crippen LogP contribution is -2.47. The average molecular weight is 345 g/mol. The Hall–Kier alpha value is -0.920. The van der Waals surface area contributed by atoms with Crippen LogP contribution in [-0.4, -0.2) is 33.9 Å². The summed E-state index contributed by atoms with van der Waals surface area (Å²) in [5.74, 6) is -0.126. The topological polar surface area (TPSA) is 80.3 Å². The van der Waals surface area contributed by atoms with Crippen LogP contribution in [-0.2, 0) is 19.9 Å². The third kappa shape index (κ3) is 3.21. The molecular weight excluding hydrogens is 322 g/mol. The first-order chi connectivity index (χ1) is 9.87. The van der Waals surface area contributed by atoms with Crippen molar-refractivity contribution in [3.05, 3.63) is 28.3 Å². The van der Waals surface area contributed by atoms with Crippen LogP contribution in [0.1, 0.15) is 35.6 Å². The fraction of sp³-hybridized carbons (Fsp3) is 0.600. The summed E-state index contributed by atoms with van der Waals surface area (Å²) in [7, 11) is -6.95. The third-order valence-electron chi connectivity index (χ3n) is 4.45. The molecule has 1 atom stereocenters. The standard InChI is InChI=1S/C15H23NO4S2/c1-10-8-11(2)13(4)14(12(10)3)22(19,20)16-15(5)6-7-21(17,18)9-15/h8,16H,6-7,9H2,1-5H3. The molecule has 22 heavy (non-hydrogen) atoms. The van der Waals surface area contributed by atoms with E-state index in [0.717, 1.165) is 11.1 Å². The van der Waals surface area contributed by atoms with Gasteiger partial charge < -0.3 is 0 Å². The van der Waals surface area contributed by atoms with E-state index in [1.165, 1.54) is 0 Å². The number of aryl methyl sites for hydroxylation is 2. The van der Waals surface area contributed by atoms with E-state index in [-0.39, 0.29) is 16.4 Å². The number of hydrogen-bond acceptors (Lipinski definition) is 4. The number of sulfone groups is 1. The second-order valence-electron chi connectivity index (χ2n) is 6.60. The van der Waals surface area contributed by atoms with E-state index >= 15 is 0 Å². The van der Waals surface area contributed by atoms with Gasteiger partial charge in [0.15, 0.2) is 9.84 Å². The molecule has 1 heterocycles. The van der Waals surface area contributed by atoms with E-state index < -0.39 is 25.4 Å². The van der Waals surface area contributed by atoms with Gasteiger partial charge in [-0.1, -0.05) is 6.07 Å². The van der Waals surface area contributed by atoms with Gasteiger partial charge in [-0.2, -0.15) is 0 Å². The third-order valence-corrected chi connectivity index (χ3v) is 8.26. The van der Waals surface area contributed by atoms with Crippen molar-refractivity contribution in [3.63, 3.8) is 0 Å². The van der Waals surface area contributed by atoms with Gasteiger partial charge >= 0.3 is 0 Å². The zero-order valence-corrected chi connectivity index (χ0v) is 15.3. The zero-order valence-electron chi connectivity index (χ0n) is 13.6. The molecule has 1 aliphatic rings. The number of nitrogens with one attached hydrogen (secondary N) is 1. The zero-order chi connectivity index (χ0) is 16.9. The minimum Gasteiger partial charge on any atom is -0.229 e. The van der Waals surface area contributed by atoms with Gasteiger partial charge in [0.05, 0.1) is 16.4 Å². The SMILES string of the molecule is Cc1cc(C)c(C)c(S(=O)(=O)NC2(C)CCS(=O)(=O)C2)c1C. The lowest BCUT2D eigenvalue weighted by atomic mass is 10.0. The van der Waals surface area contributed by atoms with Gasteiger partial charge in [0, 0.05) is 5.54 Å². The molecule has 0 aliphatic carbocycles. The minimum absolute atomic E-state index is 0.0246. The van der Waals surface area contributed by atoms with Gasteiger partial charge in [0.2, 0.25) is 10.0 Å². The van der Waals surface area contributed by atoms with Gasteiger partial charge in [0.1, 0.15) is 0 Å². The number of sulfonamides is 1. The molecule has 0 aromatic heterocycles. The van der Waals surface area contributed by atoms with Crippen molar-refractivity contribution < 1.29 is 16.8 Å². The van der Waals surface area contributed by atoms with E-state index in [1.54, 1.807) is 20.8 Å². The molecule has 7 heteroatoms. The Balaban J connectivity index is 2.49. The fourth-order valence-electron chi connectivity index (χ4n) is 3.05. The molecule has 0 bridgehead atoms. The smallest absolute Gasteiger partial charge is 0.229 e. The summed E-state index contributed by atoms with van der Waals surface area (Å²) in [6, 6.07) is 1.96. The highest BCUT2D eigenvalue weighted by Gasteiger charge is 2.42. The summed E-state index contributed by atoms with van der Waals surface area (Å²) in [4.78, 5) is 0.274. The van der Waals surface area contributed by atoms with Gasteiger partial charge in [-0.05, 0) is 63.3 Å². The van der Waals surface area contributed by atoms with Crippen LogP contribution in [0.5, 0.6) is 0 Å². The molecule has 1 aromatic carbocycles. The van der Waals surface area contributed by atoms with Gasteiger partial charge in [0.25, 0.3) is 0 Å². The van der Waals surface area contributed by atoms with Crippen molar-refractivity contribution in [1.82, 2.24) is 4.72 Å². The van der Waals surface area contributed by atoms with E-state index in [4.69, 9.17) is 0 Å². The Morgan fingerprint density at radius 3 is 2.00 bits per heavy atom. The lowest BCUT2D eigenvalue weighted by molar-refractivity contribution is 0.461. The van der Waals surface area contributed by atoms with Crippen LogP contribution in [0.4, 0.5) is 0 Å². The van der Waals surface area contributed by atoms with Crippen molar-refractivity contribution in [2.45, 2.75) is 51.5 Å². The van der Waals surface area contributed by atoms with E-state index in [0.29, 0.717) is 17.5 Å². The molecule has 124 valence electrons. The van der Waals surface area contributed by atoms with Crippen LogP contribution in [0.2, 0.25) is 0 Å². The van der Waals surface area contributed by atoms with Crippen molar-refractivity contribution in [2.24, 2.45) is 0 Å². The number of benzene rings is 1. The summed E-state index contributed by atoms with van der Waals surface area (Å²) < 4.78 is 51.7. The molecular formula is C15H23NO4S2. The van der Waals surface area contributed by atoms with Crippen LogP contribution >= 0.6 is 0 Å². The Kier molecular flexibility index (Phi) is 4.21. The van der Waals surface area contributed by atoms with Crippen molar-refractivity contribution in [2.75, 3.05) is 11.5 Å². The molecule has 1 aromatic rings. The molecule has 2 rings (SSSR count). The first-order valence-electron chi connectivity index (χ1n) is 7.19. The minimum atomic E-state index is -3.77. The molecule has 5 nitrogen and oxygen atoms in total. The largest absolute Gasteiger partial charge is 0.241 e. The second kappa shape index (κ2) is 5.32. The maximum atomic E-state index is 12.8. The highest BCUT2D eigenvalue weighted by atomic mass is 32.2. The molecule has 1 saturated heterocycles. The average Bonchev–Trinajstić information content (AvgIpc) is 2.59. The highest BCUT2D eigenvalue weighted by molar-refractivity contribution is 7.92. The molecule has 1 fully saturated rings. The van der Waals surface area contributed by atoms with Crippen LogP contribution in [0.3, 0.4) is 0 Å². The van der Waals surface area contributed by atoms with E-state index in [1.807, 2.05) is 19.9 Å². The molecule has 0 radical (unpaired) electrons. The molecule has 1 unspecified atom stereocenters. The molecule has 0 spiro atoms. The lowest BCUT2D eigenvalue weighted by Gasteiger charge is -2.25. The fourth-order valence-corrected chi connectivity index (χ4v) is 7.29. The Bertz CT molecular complexity index is 799. The molecule has 1 aliphatic heterocycles. The van der Waals surface area contributed by atoms with Crippen molar-refractivity contribution >= 4 is 19.9 Å². The molecule has 1 N–H and O–H groups in total. The van der Waals surface area contributed by atoms with Gasteiger partial charge in [-0.3, -0.25) is 0 Å². The number of hydrogen-bond donors (Lipinski definition) is 1. The van der Waals surface area contributed by atoms with Crippen LogP contribution in [0.15, 0.2) is 11.0 Å². The Labute approximate surface area is 133 Å². The van der Waals surface area contributed by atoms with E-state index in [9.17, 15) is 16.8 Å². The predicted octanol–water partition coefficient (Wildman–Crippen LogP) is 1.78. The summed E-state index contributed by atoms with van der Waals surface area (Å²) >= 11 is 0. The second-order valence-corrected chi connectivity index (χ2v) is 10.4. The number of rotatable bonds is 3. The van der Waals surface area contributed by atoms with Crippen molar-refractivity contribution in [1.29, 1.82) is 0 Å².